The number of piperidine rings is 2. The zero-order chi connectivity index (χ0) is 16.8. The van der Waals surface area contributed by atoms with E-state index < -0.39 is 0 Å². The number of hydrogen-bond donors (Lipinski definition) is 2. The Labute approximate surface area is 137 Å². The lowest BCUT2D eigenvalue weighted by Gasteiger charge is -2.47. The first-order chi connectivity index (χ1) is 11.0. The fourth-order valence-corrected chi connectivity index (χ4v) is 3.61. The molecule has 2 rings (SSSR count). The molecule has 0 unspecified atom stereocenters. The highest BCUT2D eigenvalue weighted by Gasteiger charge is 2.39. The van der Waals surface area contributed by atoms with Crippen LogP contribution in [0.5, 0.6) is 0 Å². The Morgan fingerprint density at radius 3 is 2.83 bits per heavy atom. The van der Waals surface area contributed by atoms with Crippen molar-refractivity contribution < 1.29 is 19.5 Å². The Hall–Kier alpha value is -1.63. The van der Waals surface area contributed by atoms with Crippen molar-refractivity contribution in [2.24, 2.45) is 5.92 Å². The first-order valence-corrected chi connectivity index (χ1v) is 8.45. The zero-order valence-electron chi connectivity index (χ0n) is 13.8. The molecular formula is C16H27N3O4. The molecule has 130 valence electrons. The third-order valence-electron chi connectivity index (χ3n) is 4.77. The van der Waals surface area contributed by atoms with E-state index in [9.17, 15) is 14.4 Å². The average Bonchev–Trinajstić information content (AvgIpc) is 2.53. The van der Waals surface area contributed by atoms with Crippen LogP contribution in [0.4, 0.5) is 0 Å². The minimum absolute atomic E-state index is 0.0657. The molecule has 3 amide bonds. The topological polar surface area (TPSA) is 90.0 Å². The summed E-state index contributed by atoms with van der Waals surface area (Å²) in [5.74, 6) is 0.438. The van der Waals surface area contributed by atoms with Gasteiger partial charge in [-0.25, -0.2) is 0 Å². The van der Waals surface area contributed by atoms with Gasteiger partial charge in [0, 0.05) is 58.6 Å². The van der Waals surface area contributed by atoms with Gasteiger partial charge in [-0.2, -0.15) is 0 Å². The maximum atomic E-state index is 12.2. The molecule has 0 radical (unpaired) electrons. The average molecular weight is 325 g/mol. The van der Waals surface area contributed by atoms with Gasteiger partial charge in [0.1, 0.15) is 0 Å². The molecular weight excluding hydrogens is 298 g/mol. The normalized spacial score (nSPS) is 24.3. The highest BCUT2D eigenvalue weighted by molar-refractivity contribution is 5.79. The number of carbonyl (C=O) groups is 3. The molecule has 2 aliphatic heterocycles. The lowest BCUT2D eigenvalue weighted by atomic mass is 9.83. The van der Waals surface area contributed by atoms with Crippen LogP contribution in [0.2, 0.25) is 0 Å². The van der Waals surface area contributed by atoms with E-state index in [0.717, 1.165) is 12.8 Å². The smallest absolute Gasteiger partial charge is 0.224 e. The minimum atomic E-state index is -0.123. The monoisotopic (exact) mass is 325 g/mol. The number of hydrogen-bond acceptors (Lipinski definition) is 4. The molecule has 2 atom stereocenters. The summed E-state index contributed by atoms with van der Waals surface area (Å²) in [5, 5.41) is 11.6. The molecule has 0 aromatic carbocycles. The van der Waals surface area contributed by atoms with Crippen LogP contribution in [0.25, 0.3) is 0 Å². The fraction of sp³-hybridized carbons (Fsp3) is 0.812. The summed E-state index contributed by atoms with van der Waals surface area (Å²) in [7, 11) is 0. The van der Waals surface area contributed by atoms with Crippen molar-refractivity contribution in [2.75, 3.05) is 32.8 Å². The molecule has 2 aliphatic rings. The SMILES string of the molecule is CC(=O)NCCC(=O)N1CC[C@@H]2[C@@H](CCC(=O)N2CCCO)C1. The van der Waals surface area contributed by atoms with Crippen LogP contribution in [0.15, 0.2) is 0 Å². The number of fused-ring (bicyclic) bond motifs is 1. The standard InChI is InChI=1S/C16H27N3O4/c1-12(21)17-7-5-15(22)18-9-6-14-13(11-18)3-4-16(23)19(14)8-2-10-20/h13-14,20H,2-11H2,1H3,(H,17,21)/t13-,14+/m0/s1. The van der Waals surface area contributed by atoms with Gasteiger partial charge in [-0.3, -0.25) is 14.4 Å². The summed E-state index contributed by atoms with van der Waals surface area (Å²) in [4.78, 5) is 39.0. The van der Waals surface area contributed by atoms with Gasteiger partial charge in [0.15, 0.2) is 0 Å². The van der Waals surface area contributed by atoms with Crippen molar-refractivity contribution in [1.29, 1.82) is 0 Å². The van der Waals surface area contributed by atoms with Gasteiger partial charge in [-0.1, -0.05) is 0 Å². The van der Waals surface area contributed by atoms with E-state index in [4.69, 9.17) is 5.11 Å². The fourth-order valence-electron chi connectivity index (χ4n) is 3.61. The van der Waals surface area contributed by atoms with E-state index in [1.807, 2.05) is 9.80 Å². The second-order valence-electron chi connectivity index (χ2n) is 6.39. The highest BCUT2D eigenvalue weighted by Crippen LogP contribution is 2.31. The lowest BCUT2D eigenvalue weighted by molar-refractivity contribution is -0.144. The Balaban J connectivity index is 1.87. The summed E-state index contributed by atoms with van der Waals surface area (Å²) >= 11 is 0. The Bertz CT molecular complexity index is 455. The minimum Gasteiger partial charge on any atom is -0.396 e. The van der Waals surface area contributed by atoms with E-state index in [-0.39, 0.29) is 30.4 Å². The van der Waals surface area contributed by atoms with Gasteiger partial charge in [-0.05, 0) is 25.2 Å². The quantitative estimate of drug-likeness (QED) is 0.704. The van der Waals surface area contributed by atoms with E-state index >= 15 is 0 Å². The van der Waals surface area contributed by atoms with Gasteiger partial charge in [0.25, 0.3) is 0 Å². The number of amides is 3. The Kier molecular flexibility index (Phi) is 6.38. The van der Waals surface area contributed by atoms with Crippen molar-refractivity contribution >= 4 is 17.7 Å². The van der Waals surface area contributed by atoms with Crippen LogP contribution in [-0.2, 0) is 14.4 Å². The third kappa shape index (κ3) is 4.67. The van der Waals surface area contributed by atoms with Crippen LogP contribution < -0.4 is 5.32 Å². The number of nitrogens with one attached hydrogen (secondary N) is 1. The first kappa shape index (κ1) is 17.7. The summed E-state index contributed by atoms with van der Waals surface area (Å²) in [6, 6.07) is 0.196. The van der Waals surface area contributed by atoms with Gasteiger partial charge >= 0.3 is 0 Å². The third-order valence-corrected chi connectivity index (χ3v) is 4.77. The van der Waals surface area contributed by atoms with Crippen LogP contribution in [0.1, 0.15) is 39.0 Å². The van der Waals surface area contributed by atoms with Crippen molar-refractivity contribution in [3.8, 4) is 0 Å². The number of carbonyl (C=O) groups excluding carboxylic acids is 3. The van der Waals surface area contributed by atoms with E-state index in [2.05, 4.69) is 5.32 Å². The number of aliphatic hydroxyl groups is 1. The van der Waals surface area contributed by atoms with Gasteiger partial charge < -0.3 is 20.2 Å². The predicted molar refractivity (Wildman–Crippen MR) is 84.4 cm³/mol. The van der Waals surface area contributed by atoms with Crippen LogP contribution in [0.3, 0.4) is 0 Å². The Morgan fingerprint density at radius 2 is 2.13 bits per heavy atom. The molecule has 0 aromatic heterocycles. The van der Waals surface area contributed by atoms with Gasteiger partial charge in [-0.15, -0.1) is 0 Å². The summed E-state index contributed by atoms with van der Waals surface area (Å²) in [5.41, 5.74) is 0. The second-order valence-corrected chi connectivity index (χ2v) is 6.39. The van der Waals surface area contributed by atoms with E-state index in [1.165, 1.54) is 6.92 Å². The molecule has 2 heterocycles. The summed E-state index contributed by atoms with van der Waals surface area (Å²) in [6.07, 6.45) is 3.08. The van der Waals surface area contributed by atoms with E-state index in [1.54, 1.807) is 0 Å². The molecule has 0 aliphatic carbocycles. The number of aliphatic hydroxyl groups excluding tert-OH is 1. The molecule has 0 bridgehead atoms. The molecule has 7 nitrogen and oxygen atoms in total. The molecule has 2 fully saturated rings. The van der Waals surface area contributed by atoms with Crippen molar-refractivity contribution in [3.05, 3.63) is 0 Å². The van der Waals surface area contributed by atoms with Gasteiger partial charge in [0.05, 0.1) is 0 Å². The second kappa shape index (κ2) is 8.29. The molecule has 23 heavy (non-hydrogen) atoms. The number of rotatable bonds is 6. The lowest BCUT2D eigenvalue weighted by Crippen LogP contribution is -2.57. The first-order valence-electron chi connectivity index (χ1n) is 8.45. The molecule has 0 aromatic rings. The van der Waals surface area contributed by atoms with Crippen molar-refractivity contribution in [3.63, 3.8) is 0 Å². The van der Waals surface area contributed by atoms with Crippen LogP contribution in [-0.4, -0.2) is 71.5 Å². The maximum Gasteiger partial charge on any atom is 0.224 e. The Morgan fingerprint density at radius 1 is 1.35 bits per heavy atom. The highest BCUT2D eigenvalue weighted by atomic mass is 16.3. The molecule has 2 N–H and O–H groups in total. The van der Waals surface area contributed by atoms with E-state index in [0.29, 0.717) is 51.4 Å². The zero-order valence-corrected chi connectivity index (χ0v) is 13.8. The predicted octanol–water partition coefficient (Wildman–Crippen LogP) is -0.265. The van der Waals surface area contributed by atoms with Crippen LogP contribution >= 0.6 is 0 Å². The molecule has 2 saturated heterocycles. The molecule has 0 spiro atoms. The number of likely N-dealkylation sites (tertiary alicyclic amines) is 2. The maximum absolute atomic E-state index is 12.2. The molecule has 7 heteroatoms. The summed E-state index contributed by atoms with van der Waals surface area (Å²) in [6.45, 7) is 3.85. The largest absolute Gasteiger partial charge is 0.396 e. The van der Waals surface area contributed by atoms with Crippen molar-refractivity contribution in [1.82, 2.24) is 15.1 Å². The van der Waals surface area contributed by atoms with Gasteiger partial charge in [0.2, 0.25) is 17.7 Å². The summed E-state index contributed by atoms with van der Waals surface area (Å²) < 4.78 is 0. The van der Waals surface area contributed by atoms with Crippen molar-refractivity contribution in [2.45, 2.75) is 45.1 Å². The molecule has 0 saturated carbocycles. The van der Waals surface area contributed by atoms with Crippen LogP contribution in [0, 0.1) is 5.92 Å². The number of nitrogens with zero attached hydrogens (tertiary/aromatic N) is 2.